The van der Waals surface area contributed by atoms with Gasteiger partial charge in [0.25, 0.3) is 5.56 Å². The number of aromatic amines is 2. The Morgan fingerprint density at radius 3 is 2.88 bits per heavy atom. The molecule has 8 nitrogen and oxygen atoms in total. The minimum absolute atomic E-state index is 0.0874. The first-order chi connectivity index (χ1) is 12.5. The van der Waals surface area contributed by atoms with Crippen LogP contribution in [-0.2, 0) is 17.6 Å². The highest BCUT2D eigenvalue weighted by Crippen LogP contribution is 2.35. The van der Waals surface area contributed by atoms with Gasteiger partial charge in [-0.05, 0) is 25.0 Å². The van der Waals surface area contributed by atoms with Crippen LogP contribution >= 0.6 is 0 Å². The second kappa shape index (κ2) is 7.47. The van der Waals surface area contributed by atoms with E-state index in [1.807, 2.05) is 18.2 Å². The Morgan fingerprint density at radius 2 is 2.15 bits per heavy atom. The van der Waals surface area contributed by atoms with Crippen molar-refractivity contribution >= 4 is 5.91 Å². The molecule has 1 aliphatic rings. The Labute approximate surface area is 149 Å². The van der Waals surface area contributed by atoms with Crippen LogP contribution in [-0.4, -0.2) is 36.1 Å². The van der Waals surface area contributed by atoms with E-state index in [1.165, 1.54) is 0 Å². The van der Waals surface area contributed by atoms with Gasteiger partial charge in [0.1, 0.15) is 0 Å². The van der Waals surface area contributed by atoms with Gasteiger partial charge in [-0.15, -0.1) is 0 Å². The molecule has 0 spiro atoms. The number of nitrogens with one attached hydrogen (secondary N) is 3. The van der Waals surface area contributed by atoms with Crippen molar-refractivity contribution < 1.29 is 14.3 Å². The minimum atomic E-state index is -0.579. The summed E-state index contributed by atoms with van der Waals surface area (Å²) in [6.45, 7) is 2.51. The fraction of sp³-hybridized carbons (Fsp3) is 0.389. The predicted molar refractivity (Wildman–Crippen MR) is 94.8 cm³/mol. The third-order valence-electron chi connectivity index (χ3n) is 4.43. The molecule has 1 aliphatic heterocycles. The number of amides is 1. The second-order valence-electron chi connectivity index (χ2n) is 6.32. The lowest BCUT2D eigenvalue weighted by Gasteiger charge is -2.26. The van der Waals surface area contributed by atoms with Crippen molar-refractivity contribution in [1.29, 1.82) is 0 Å². The molecular weight excluding hydrogens is 338 g/mol. The zero-order valence-corrected chi connectivity index (χ0v) is 14.7. The van der Waals surface area contributed by atoms with E-state index in [0.29, 0.717) is 24.6 Å². The number of benzene rings is 1. The molecule has 0 bridgehead atoms. The van der Waals surface area contributed by atoms with Gasteiger partial charge in [-0.2, -0.15) is 0 Å². The summed E-state index contributed by atoms with van der Waals surface area (Å²) in [5.41, 5.74) is 0.587. The van der Waals surface area contributed by atoms with E-state index >= 15 is 0 Å². The van der Waals surface area contributed by atoms with Crippen LogP contribution in [0.2, 0.25) is 0 Å². The number of aromatic nitrogens is 2. The zero-order chi connectivity index (χ0) is 18.7. The Bertz CT molecular complexity index is 931. The van der Waals surface area contributed by atoms with E-state index in [0.717, 1.165) is 17.7 Å². The number of hydrogen-bond donors (Lipinski definition) is 3. The monoisotopic (exact) mass is 359 g/mol. The van der Waals surface area contributed by atoms with Crippen LogP contribution in [0.5, 0.6) is 11.5 Å². The van der Waals surface area contributed by atoms with Crippen molar-refractivity contribution in [2.75, 3.05) is 20.3 Å². The number of ether oxygens (including phenoxy) is 2. The van der Waals surface area contributed by atoms with Crippen LogP contribution in [0, 0.1) is 12.8 Å². The molecular formula is C18H21N3O5. The van der Waals surface area contributed by atoms with Crippen LogP contribution in [0.15, 0.2) is 27.8 Å². The maximum atomic E-state index is 12.2. The number of carbonyl (C=O) groups is 1. The van der Waals surface area contributed by atoms with Crippen molar-refractivity contribution in [3.8, 4) is 11.5 Å². The maximum Gasteiger partial charge on any atom is 0.325 e. The molecule has 2 heterocycles. The van der Waals surface area contributed by atoms with Gasteiger partial charge in [0.05, 0.1) is 20.1 Å². The normalized spacial score (nSPS) is 15.7. The smallest absolute Gasteiger partial charge is 0.325 e. The first-order valence-electron chi connectivity index (χ1n) is 8.35. The van der Waals surface area contributed by atoms with Crippen molar-refractivity contribution in [3.63, 3.8) is 0 Å². The van der Waals surface area contributed by atoms with Crippen LogP contribution in [0.25, 0.3) is 0 Å². The summed E-state index contributed by atoms with van der Waals surface area (Å²) in [6, 6.07) is 5.74. The van der Waals surface area contributed by atoms with Gasteiger partial charge in [-0.3, -0.25) is 14.6 Å². The largest absolute Gasteiger partial charge is 0.493 e. The lowest BCUT2D eigenvalue weighted by atomic mass is 9.96. The Kier molecular flexibility index (Phi) is 5.11. The number of carbonyl (C=O) groups excluding carboxylic acids is 1. The fourth-order valence-corrected chi connectivity index (χ4v) is 3.07. The van der Waals surface area contributed by atoms with E-state index in [9.17, 15) is 14.4 Å². The highest BCUT2D eigenvalue weighted by atomic mass is 16.5. The van der Waals surface area contributed by atoms with Gasteiger partial charge in [-0.25, -0.2) is 4.79 Å². The molecule has 3 N–H and O–H groups in total. The maximum absolute atomic E-state index is 12.2. The van der Waals surface area contributed by atoms with E-state index in [-0.39, 0.29) is 23.8 Å². The summed E-state index contributed by atoms with van der Waals surface area (Å²) in [5.74, 6) is 1.32. The van der Waals surface area contributed by atoms with Crippen molar-refractivity contribution in [1.82, 2.24) is 15.3 Å². The molecule has 1 aromatic carbocycles. The molecule has 0 aliphatic carbocycles. The Morgan fingerprint density at radius 1 is 1.35 bits per heavy atom. The molecule has 0 saturated heterocycles. The average molecular weight is 359 g/mol. The molecule has 1 atom stereocenters. The lowest BCUT2D eigenvalue weighted by Crippen LogP contribution is -2.37. The molecule has 0 fully saturated rings. The van der Waals surface area contributed by atoms with Crippen LogP contribution < -0.4 is 26.0 Å². The van der Waals surface area contributed by atoms with Gasteiger partial charge in [0, 0.05) is 23.7 Å². The molecule has 1 unspecified atom stereocenters. The summed E-state index contributed by atoms with van der Waals surface area (Å²) < 4.78 is 11.1. The van der Waals surface area contributed by atoms with Gasteiger partial charge in [0.15, 0.2) is 11.5 Å². The highest BCUT2D eigenvalue weighted by molar-refractivity contribution is 5.78. The Balaban J connectivity index is 1.59. The second-order valence-corrected chi connectivity index (χ2v) is 6.32. The number of fused-ring (bicyclic) bond motifs is 1. The summed E-state index contributed by atoms with van der Waals surface area (Å²) in [4.78, 5) is 39.8. The number of H-pyrrole nitrogens is 2. The third kappa shape index (κ3) is 3.79. The van der Waals surface area contributed by atoms with Gasteiger partial charge in [0.2, 0.25) is 5.91 Å². The zero-order valence-electron chi connectivity index (χ0n) is 14.7. The summed E-state index contributed by atoms with van der Waals surface area (Å²) in [5, 5.41) is 2.83. The van der Waals surface area contributed by atoms with Crippen molar-refractivity contribution in [2.45, 2.75) is 19.8 Å². The first kappa shape index (κ1) is 17.8. The van der Waals surface area contributed by atoms with E-state index in [2.05, 4.69) is 15.3 Å². The fourth-order valence-electron chi connectivity index (χ4n) is 3.07. The topological polar surface area (TPSA) is 113 Å². The highest BCUT2D eigenvalue weighted by Gasteiger charge is 2.23. The first-order valence-corrected chi connectivity index (χ1v) is 8.35. The van der Waals surface area contributed by atoms with Crippen LogP contribution in [0.1, 0.15) is 16.8 Å². The summed E-state index contributed by atoms with van der Waals surface area (Å²) in [7, 11) is 1.60. The summed E-state index contributed by atoms with van der Waals surface area (Å²) in [6.07, 6.45) is 0.682. The van der Waals surface area contributed by atoms with Crippen LogP contribution in [0.3, 0.4) is 0 Å². The van der Waals surface area contributed by atoms with Crippen LogP contribution in [0.4, 0.5) is 0 Å². The predicted octanol–water partition coefficient (Wildman–Crippen LogP) is 0.290. The Hall–Kier alpha value is -3.03. The van der Waals surface area contributed by atoms with Gasteiger partial charge in [-0.1, -0.05) is 12.1 Å². The molecule has 3 rings (SSSR count). The van der Waals surface area contributed by atoms with E-state index in [4.69, 9.17) is 9.47 Å². The number of rotatable bonds is 5. The molecule has 138 valence electrons. The molecule has 0 radical (unpaired) electrons. The van der Waals surface area contributed by atoms with Crippen molar-refractivity contribution in [3.05, 3.63) is 55.9 Å². The van der Waals surface area contributed by atoms with E-state index in [1.54, 1.807) is 14.0 Å². The third-order valence-corrected chi connectivity index (χ3v) is 4.43. The lowest BCUT2D eigenvalue weighted by molar-refractivity contribution is -0.120. The molecule has 1 amide bonds. The molecule has 26 heavy (non-hydrogen) atoms. The number of hydrogen-bond acceptors (Lipinski definition) is 5. The summed E-state index contributed by atoms with van der Waals surface area (Å²) >= 11 is 0. The van der Waals surface area contributed by atoms with E-state index < -0.39 is 11.2 Å². The minimum Gasteiger partial charge on any atom is -0.493 e. The molecule has 0 saturated carbocycles. The number of methoxy groups -OCH3 is 1. The van der Waals surface area contributed by atoms with Crippen molar-refractivity contribution in [2.24, 2.45) is 5.92 Å². The van der Waals surface area contributed by atoms with Gasteiger partial charge >= 0.3 is 5.69 Å². The standard InChI is InChI=1S/C18H21N3O5/c1-10-13(17(23)21-18(24)20-10)7-15(22)19-8-11-6-12-4-3-5-14(25-2)16(12)26-9-11/h3-5,11H,6-9H2,1-2H3,(H,19,22)(H2,20,21,23,24). The quantitative estimate of drug-likeness (QED) is 0.710. The molecule has 8 heteroatoms. The average Bonchev–Trinajstić information content (AvgIpc) is 2.62. The molecule has 1 aromatic heterocycles. The number of aryl methyl sites for hydroxylation is 1. The molecule has 2 aromatic rings. The van der Waals surface area contributed by atoms with Gasteiger partial charge < -0.3 is 19.8 Å². The SMILES string of the molecule is COc1cccc2c1OCC(CNC(=O)Cc1c(C)[nH]c(=O)[nH]c1=O)C2. The number of para-hydroxylation sites is 1.